The molecule has 4 heteroatoms. The lowest BCUT2D eigenvalue weighted by Gasteiger charge is -2.01. The van der Waals surface area contributed by atoms with Gasteiger partial charge in [-0.05, 0) is 25.1 Å². The van der Waals surface area contributed by atoms with Crippen LogP contribution in [0.1, 0.15) is 12.5 Å². The number of rotatable bonds is 4. The van der Waals surface area contributed by atoms with E-state index in [1.54, 1.807) is 12.1 Å². The Morgan fingerprint density at radius 3 is 2.93 bits per heavy atom. The average Bonchev–Trinajstić information content (AvgIpc) is 2.26. The van der Waals surface area contributed by atoms with E-state index in [9.17, 15) is 10.1 Å². The highest BCUT2D eigenvalue weighted by molar-refractivity contribution is 5.65. The predicted molar refractivity (Wildman–Crippen MR) is 60.7 cm³/mol. The molecular weight excluding hydrogens is 192 g/mol. The number of hydrogen-bond acceptors (Lipinski definition) is 3. The standard InChI is InChI=1S/C11H14N2O2/c1-9(6-7-12-2)10-4-3-5-11(8-10)13(14)15/h3-6,8,12H,7H2,1-2H3/b9-6+. The van der Waals surface area contributed by atoms with Crippen molar-refractivity contribution in [1.29, 1.82) is 0 Å². The van der Waals surface area contributed by atoms with E-state index in [2.05, 4.69) is 5.32 Å². The zero-order valence-corrected chi connectivity index (χ0v) is 8.86. The lowest BCUT2D eigenvalue weighted by Crippen LogP contribution is -2.04. The van der Waals surface area contributed by atoms with Gasteiger partial charge in [-0.25, -0.2) is 0 Å². The van der Waals surface area contributed by atoms with Crippen LogP contribution in [0.4, 0.5) is 5.69 Å². The number of nitro groups is 1. The van der Waals surface area contributed by atoms with Gasteiger partial charge in [-0.2, -0.15) is 0 Å². The molecule has 0 aliphatic carbocycles. The molecule has 0 aliphatic rings. The second kappa shape index (κ2) is 5.26. The molecular formula is C11H14N2O2. The molecule has 0 saturated carbocycles. The fourth-order valence-electron chi connectivity index (χ4n) is 1.24. The molecule has 0 unspecified atom stereocenters. The summed E-state index contributed by atoms with van der Waals surface area (Å²) in [5.74, 6) is 0. The molecule has 0 amide bonds. The predicted octanol–water partition coefficient (Wildman–Crippen LogP) is 2.22. The molecule has 0 saturated heterocycles. The van der Waals surface area contributed by atoms with Crippen molar-refractivity contribution in [3.63, 3.8) is 0 Å². The van der Waals surface area contributed by atoms with Crippen molar-refractivity contribution in [2.75, 3.05) is 13.6 Å². The van der Waals surface area contributed by atoms with Gasteiger partial charge in [0.1, 0.15) is 0 Å². The largest absolute Gasteiger partial charge is 0.316 e. The molecule has 15 heavy (non-hydrogen) atoms. The summed E-state index contributed by atoms with van der Waals surface area (Å²) in [7, 11) is 1.86. The minimum atomic E-state index is -0.380. The van der Waals surface area contributed by atoms with Crippen molar-refractivity contribution in [3.05, 3.63) is 46.0 Å². The Labute approximate surface area is 88.8 Å². The summed E-state index contributed by atoms with van der Waals surface area (Å²) in [6, 6.07) is 6.65. The third kappa shape index (κ3) is 3.18. The molecule has 0 aliphatic heterocycles. The minimum Gasteiger partial charge on any atom is -0.316 e. The molecule has 4 nitrogen and oxygen atoms in total. The lowest BCUT2D eigenvalue weighted by molar-refractivity contribution is -0.384. The second-order valence-electron chi connectivity index (χ2n) is 3.25. The fourth-order valence-corrected chi connectivity index (χ4v) is 1.24. The summed E-state index contributed by atoms with van der Waals surface area (Å²) >= 11 is 0. The molecule has 0 aromatic heterocycles. The van der Waals surface area contributed by atoms with E-state index in [1.165, 1.54) is 6.07 Å². The maximum Gasteiger partial charge on any atom is 0.270 e. The van der Waals surface area contributed by atoms with Crippen LogP contribution in [-0.4, -0.2) is 18.5 Å². The van der Waals surface area contributed by atoms with Gasteiger partial charge in [-0.15, -0.1) is 0 Å². The number of nitro benzene ring substituents is 1. The van der Waals surface area contributed by atoms with E-state index >= 15 is 0 Å². The number of hydrogen-bond donors (Lipinski definition) is 1. The van der Waals surface area contributed by atoms with Crippen molar-refractivity contribution in [2.45, 2.75) is 6.92 Å². The third-order valence-corrected chi connectivity index (χ3v) is 2.12. The first kappa shape index (κ1) is 11.4. The van der Waals surface area contributed by atoms with Crippen LogP contribution < -0.4 is 5.32 Å². The SMILES string of the molecule is CNC/C=C(\C)c1cccc([N+](=O)[O-])c1. The molecule has 1 aromatic rings. The quantitative estimate of drug-likeness (QED) is 0.607. The van der Waals surface area contributed by atoms with E-state index in [0.717, 1.165) is 17.7 Å². The highest BCUT2D eigenvalue weighted by Gasteiger charge is 2.05. The summed E-state index contributed by atoms with van der Waals surface area (Å²) in [4.78, 5) is 10.2. The van der Waals surface area contributed by atoms with Crippen LogP contribution in [0.2, 0.25) is 0 Å². The van der Waals surface area contributed by atoms with E-state index < -0.39 is 0 Å². The van der Waals surface area contributed by atoms with Crippen molar-refractivity contribution < 1.29 is 4.92 Å². The average molecular weight is 206 g/mol. The van der Waals surface area contributed by atoms with Crippen LogP contribution in [0.3, 0.4) is 0 Å². The van der Waals surface area contributed by atoms with E-state index in [1.807, 2.05) is 26.1 Å². The Morgan fingerprint density at radius 1 is 1.60 bits per heavy atom. The van der Waals surface area contributed by atoms with E-state index in [0.29, 0.717) is 0 Å². The summed E-state index contributed by atoms with van der Waals surface area (Å²) < 4.78 is 0. The molecule has 0 heterocycles. The number of nitrogens with one attached hydrogen (secondary N) is 1. The zero-order chi connectivity index (χ0) is 11.3. The van der Waals surface area contributed by atoms with Crippen LogP contribution >= 0.6 is 0 Å². The Bertz CT molecular complexity index is 386. The number of benzene rings is 1. The van der Waals surface area contributed by atoms with Crippen molar-refractivity contribution in [2.24, 2.45) is 0 Å². The van der Waals surface area contributed by atoms with Crippen molar-refractivity contribution in [3.8, 4) is 0 Å². The highest BCUT2D eigenvalue weighted by atomic mass is 16.6. The van der Waals surface area contributed by atoms with Gasteiger partial charge in [0.15, 0.2) is 0 Å². The minimum absolute atomic E-state index is 0.129. The van der Waals surface area contributed by atoms with Crippen molar-refractivity contribution in [1.82, 2.24) is 5.32 Å². The van der Waals surface area contributed by atoms with Gasteiger partial charge < -0.3 is 5.32 Å². The molecule has 80 valence electrons. The first-order valence-electron chi connectivity index (χ1n) is 4.71. The summed E-state index contributed by atoms with van der Waals surface area (Å²) in [6.07, 6.45) is 2.00. The zero-order valence-electron chi connectivity index (χ0n) is 8.86. The van der Waals surface area contributed by atoms with Gasteiger partial charge >= 0.3 is 0 Å². The smallest absolute Gasteiger partial charge is 0.270 e. The van der Waals surface area contributed by atoms with Gasteiger partial charge in [0.25, 0.3) is 5.69 Å². The Balaban J connectivity index is 2.95. The van der Waals surface area contributed by atoms with Gasteiger partial charge in [-0.1, -0.05) is 18.2 Å². The Kier molecular flexibility index (Phi) is 4.00. The van der Waals surface area contributed by atoms with Gasteiger partial charge in [-0.3, -0.25) is 10.1 Å². The van der Waals surface area contributed by atoms with E-state index in [4.69, 9.17) is 0 Å². The topological polar surface area (TPSA) is 55.2 Å². The maximum atomic E-state index is 10.6. The summed E-state index contributed by atoms with van der Waals surface area (Å²) in [5.41, 5.74) is 2.05. The first-order chi connectivity index (χ1) is 7.15. The van der Waals surface area contributed by atoms with Crippen LogP contribution in [0.25, 0.3) is 5.57 Å². The first-order valence-corrected chi connectivity index (χ1v) is 4.71. The molecule has 0 fully saturated rings. The van der Waals surface area contributed by atoms with Crippen molar-refractivity contribution >= 4 is 11.3 Å². The molecule has 0 radical (unpaired) electrons. The van der Waals surface area contributed by atoms with Gasteiger partial charge in [0.05, 0.1) is 4.92 Å². The Morgan fingerprint density at radius 2 is 2.33 bits per heavy atom. The maximum absolute atomic E-state index is 10.6. The highest BCUT2D eigenvalue weighted by Crippen LogP contribution is 2.19. The molecule has 0 atom stereocenters. The van der Waals surface area contributed by atoms with Crippen LogP contribution in [0.5, 0.6) is 0 Å². The lowest BCUT2D eigenvalue weighted by atomic mass is 10.1. The number of non-ortho nitro benzene ring substituents is 1. The summed E-state index contributed by atoms with van der Waals surface area (Å²) in [5, 5.41) is 13.6. The number of likely N-dealkylation sites (N-methyl/N-ethyl adjacent to an activating group) is 1. The summed E-state index contributed by atoms with van der Waals surface area (Å²) in [6.45, 7) is 2.70. The van der Waals surface area contributed by atoms with Gasteiger partial charge in [0, 0.05) is 18.7 Å². The molecule has 0 spiro atoms. The molecule has 0 bridgehead atoms. The molecule has 1 N–H and O–H groups in total. The Hall–Kier alpha value is -1.68. The second-order valence-corrected chi connectivity index (χ2v) is 3.25. The van der Waals surface area contributed by atoms with Crippen LogP contribution in [0, 0.1) is 10.1 Å². The van der Waals surface area contributed by atoms with Crippen LogP contribution in [0.15, 0.2) is 30.3 Å². The monoisotopic (exact) mass is 206 g/mol. The number of nitrogens with zero attached hydrogens (tertiary/aromatic N) is 1. The van der Waals surface area contributed by atoms with Gasteiger partial charge in [0.2, 0.25) is 0 Å². The number of allylic oxidation sites excluding steroid dienone is 1. The molecule has 1 aromatic carbocycles. The normalized spacial score (nSPS) is 11.5. The van der Waals surface area contributed by atoms with Crippen LogP contribution in [-0.2, 0) is 0 Å². The fraction of sp³-hybridized carbons (Fsp3) is 0.273. The molecule has 1 rings (SSSR count). The van der Waals surface area contributed by atoms with E-state index in [-0.39, 0.29) is 10.6 Å². The third-order valence-electron chi connectivity index (χ3n) is 2.12.